The normalized spacial score (nSPS) is 10.6. The lowest BCUT2D eigenvalue weighted by atomic mass is 10.1. The molecular formula is C14H10N2O. The number of aromatic nitrogens is 2. The van der Waals surface area contributed by atoms with E-state index in [1.165, 1.54) is 0 Å². The molecule has 17 heavy (non-hydrogen) atoms. The van der Waals surface area contributed by atoms with E-state index in [9.17, 15) is 4.79 Å². The first-order valence-electron chi connectivity index (χ1n) is 5.36. The second-order valence-corrected chi connectivity index (χ2v) is 3.81. The Labute approximate surface area is 98.4 Å². The van der Waals surface area contributed by atoms with Gasteiger partial charge in [-0.2, -0.15) is 0 Å². The molecule has 0 aliphatic carbocycles. The van der Waals surface area contributed by atoms with E-state index in [1.807, 2.05) is 53.1 Å². The van der Waals surface area contributed by atoms with Gasteiger partial charge in [-0.15, -0.1) is 0 Å². The molecule has 0 bridgehead atoms. The van der Waals surface area contributed by atoms with Gasteiger partial charge in [0.1, 0.15) is 11.9 Å². The fraction of sp³-hybridized carbons (Fsp3) is 0. The standard InChI is InChI=1S/C14H10N2O/c17-10-11-4-6-12(7-5-11)13-2-1-3-14-15-8-9-16(13)14/h1-10H. The Morgan fingerprint density at radius 1 is 1.06 bits per heavy atom. The topological polar surface area (TPSA) is 34.4 Å². The van der Waals surface area contributed by atoms with Crippen molar-refractivity contribution in [3.05, 3.63) is 60.4 Å². The number of benzene rings is 1. The van der Waals surface area contributed by atoms with Crippen molar-refractivity contribution in [3.8, 4) is 11.3 Å². The predicted octanol–water partition coefficient (Wildman–Crippen LogP) is 2.81. The minimum atomic E-state index is 0.687. The summed E-state index contributed by atoms with van der Waals surface area (Å²) in [6, 6.07) is 13.5. The number of imidazole rings is 1. The summed E-state index contributed by atoms with van der Waals surface area (Å²) in [4.78, 5) is 14.9. The summed E-state index contributed by atoms with van der Waals surface area (Å²) in [7, 11) is 0. The fourth-order valence-electron chi connectivity index (χ4n) is 1.92. The van der Waals surface area contributed by atoms with Crippen LogP contribution in [0.15, 0.2) is 54.9 Å². The quantitative estimate of drug-likeness (QED) is 0.625. The molecule has 0 unspecified atom stereocenters. The molecule has 0 atom stereocenters. The number of pyridine rings is 1. The minimum absolute atomic E-state index is 0.687. The maximum Gasteiger partial charge on any atom is 0.150 e. The van der Waals surface area contributed by atoms with Gasteiger partial charge >= 0.3 is 0 Å². The van der Waals surface area contributed by atoms with Crippen LogP contribution < -0.4 is 0 Å². The van der Waals surface area contributed by atoms with Gasteiger partial charge in [0.25, 0.3) is 0 Å². The van der Waals surface area contributed by atoms with Crippen LogP contribution in [0.4, 0.5) is 0 Å². The number of aldehydes is 1. The van der Waals surface area contributed by atoms with Crippen LogP contribution >= 0.6 is 0 Å². The SMILES string of the molecule is O=Cc1ccc(-c2cccc3nccn23)cc1. The first-order chi connectivity index (χ1) is 8.38. The van der Waals surface area contributed by atoms with Crippen molar-refractivity contribution in [2.45, 2.75) is 0 Å². The molecule has 0 aliphatic heterocycles. The molecule has 3 aromatic rings. The van der Waals surface area contributed by atoms with E-state index in [0.717, 1.165) is 23.2 Å². The molecule has 3 rings (SSSR count). The van der Waals surface area contributed by atoms with E-state index >= 15 is 0 Å². The smallest absolute Gasteiger partial charge is 0.150 e. The second-order valence-electron chi connectivity index (χ2n) is 3.81. The number of carbonyl (C=O) groups is 1. The average Bonchev–Trinajstić information content (AvgIpc) is 2.87. The fourth-order valence-corrected chi connectivity index (χ4v) is 1.92. The van der Waals surface area contributed by atoms with Crippen LogP contribution in [0, 0.1) is 0 Å². The molecule has 0 N–H and O–H groups in total. The molecule has 1 aromatic carbocycles. The van der Waals surface area contributed by atoms with Crippen LogP contribution in [0.5, 0.6) is 0 Å². The zero-order chi connectivity index (χ0) is 11.7. The van der Waals surface area contributed by atoms with Crippen LogP contribution in [-0.2, 0) is 0 Å². The highest BCUT2D eigenvalue weighted by Crippen LogP contribution is 2.20. The van der Waals surface area contributed by atoms with E-state index in [1.54, 1.807) is 6.20 Å². The maximum atomic E-state index is 10.6. The number of rotatable bonds is 2. The lowest BCUT2D eigenvalue weighted by Crippen LogP contribution is -1.90. The molecule has 0 amide bonds. The summed E-state index contributed by atoms with van der Waals surface area (Å²) in [5.74, 6) is 0. The summed E-state index contributed by atoms with van der Waals surface area (Å²) < 4.78 is 2.02. The highest BCUT2D eigenvalue weighted by atomic mass is 16.1. The molecule has 0 radical (unpaired) electrons. The maximum absolute atomic E-state index is 10.6. The molecule has 2 aromatic heterocycles. The summed E-state index contributed by atoms with van der Waals surface area (Å²) in [6.07, 6.45) is 4.55. The van der Waals surface area contributed by atoms with Gasteiger partial charge in [-0.25, -0.2) is 4.98 Å². The van der Waals surface area contributed by atoms with Crippen LogP contribution in [0.2, 0.25) is 0 Å². The van der Waals surface area contributed by atoms with Gasteiger partial charge in [-0.3, -0.25) is 9.20 Å². The Bertz CT molecular complexity index is 668. The Morgan fingerprint density at radius 2 is 1.88 bits per heavy atom. The Balaban J connectivity index is 2.19. The third-order valence-electron chi connectivity index (χ3n) is 2.77. The molecule has 3 heteroatoms. The van der Waals surface area contributed by atoms with Crippen LogP contribution in [0.3, 0.4) is 0 Å². The molecule has 0 spiro atoms. The molecule has 3 nitrogen and oxygen atoms in total. The van der Waals surface area contributed by atoms with Gasteiger partial charge in [0, 0.05) is 18.0 Å². The van der Waals surface area contributed by atoms with Crippen LogP contribution in [0.1, 0.15) is 10.4 Å². The molecule has 0 saturated carbocycles. The summed E-state index contributed by atoms with van der Waals surface area (Å²) in [5, 5.41) is 0. The Hall–Kier alpha value is -2.42. The molecule has 2 heterocycles. The summed E-state index contributed by atoms with van der Waals surface area (Å²) in [5.41, 5.74) is 3.74. The van der Waals surface area contributed by atoms with E-state index in [-0.39, 0.29) is 0 Å². The summed E-state index contributed by atoms with van der Waals surface area (Å²) >= 11 is 0. The number of hydrogen-bond donors (Lipinski definition) is 0. The number of carbonyl (C=O) groups excluding carboxylic acids is 1. The molecule has 82 valence electrons. The van der Waals surface area contributed by atoms with Gasteiger partial charge in [0.2, 0.25) is 0 Å². The van der Waals surface area contributed by atoms with Crippen molar-refractivity contribution < 1.29 is 4.79 Å². The predicted molar refractivity (Wildman–Crippen MR) is 66.0 cm³/mol. The first-order valence-corrected chi connectivity index (χ1v) is 5.36. The van der Waals surface area contributed by atoms with Gasteiger partial charge in [-0.05, 0) is 17.7 Å². The van der Waals surface area contributed by atoms with E-state index < -0.39 is 0 Å². The number of hydrogen-bond acceptors (Lipinski definition) is 2. The van der Waals surface area contributed by atoms with Crippen molar-refractivity contribution in [2.24, 2.45) is 0 Å². The van der Waals surface area contributed by atoms with Crippen molar-refractivity contribution in [1.82, 2.24) is 9.38 Å². The van der Waals surface area contributed by atoms with Crippen molar-refractivity contribution in [2.75, 3.05) is 0 Å². The van der Waals surface area contributed by atoms with E-state index in [2.05, 4.69) is 4.98 Å². The van der Waals surface area contributed by atoms with Crippen LogP contribution in [0.25, 0.3) is 16.9 Å². The number of nitrogens with zero attached hydrogens (tertiary/aromatic N) is 2. The first kappa shape index (κ1) is 9.78. The summed E-state index contributed by atoms with van der Waals surface area (Å²) in [6.45, 7) is 0. The van der Waals surface area contributed by atoms with Gasteiger partial charge in [0.15, 0.2) is 0 Å². The zero-order valence-electron chi connectivity index (χ0n) is 9.08. The highest BCUT2D eigenvalue weighted by molar-refractivity contribution is 5.76. The van der Waals surface area contributed by atoms with Crippen molar-refractivity contribution in [3.63, 3.8) is 0 Å². The third-order valence-corrected chi connectivity index (χ3v) is 2.77. The third kappa shape index (κ3) is 1.61. The Kier molecular flexibility index (Phi) is 2.22. The van der Waals surface area contributed by atoms with E-state index in [4.69, 9.17) is 0 Å². The highest BCUT2D eigenvalue weighted by Gasteiger charge is 2.03. The molecule has 0 saturated heterocycles. The lowest BCUT2D eigenvalue weighted by Gasteiger charge is -2.05. The lowest BCUT2D eigenvalue weighted by molar-refractivity contribution is 0.112. The number of fused-ring (bicyclic) bond motifs is 1. The van der Waals surface area contributed by atoms with Crippen molar-refractivity contribution in [1.29, 1.82) is 0 Å². The monoisotopic (exact) mass is 222 g/mol. The van der Waals surface area contributed by atoms with Crippen LogP contribution in [-0.4, -0.2) is 15.7 Å². The molecular weight excluding hydrogens is 212 g/mol. The van der Waals surface area contributed by atoms with Gasteiger partial charge in [0.05, 0.1) is 5.69 Å². The van der Waals surface area contributed by atoms with Crippen molar-refractivity contribution >= 4 is 11.9 Å². The largest absolute Gasteiger partial charge is 0.300 e. The molecule has 0 aliphatic rings. The average molecular weight is 222 g/mol. The van der Waals surface area contributed by atoms with E-state index in [0.29, 0.717) is 5.56 Å². The zero-order valence-corrected chi connectivity index (χ0v) is 9.08. The second kappa shape index (κ2) is 3.87. The minimum Gasteiger partial charge on any atom is -0.300 e. The van der Waals surface area contributed by atoms with Gasteiger partial charge < -0.3 is 0 Å². The molecule has 0 fully saturated rings. The van der Waals surface area contributed by atoms with Gasteiger partial charge in [-0.1, -0.05) is 30.3 Å². The Morgan fingerprint density at radius 3 is 2.65 bits per heavy atom.